The number of aromatic amines is 1. The molecule has 0 aliphatic carbocycles. The highest BCUT2D eigenvalue weighted by atomic mass is 15.3. The Labute approximate surface area is 119 Å². The molecule has 20 heavy (non-hydrogen) atoms. The first-order valence-corrected chi connectivity index (χ1v) is 6.94. The fourth-order valence-corrected chi connectivity index (χ4v) is 2.58. The number of rotatable bonds is 5. The van der Waals surface area contributed by atoms with Crippen LogP contribution in [0.3, 0.4) is 0 Å². The summed E-state index contributed by atoms with van der Waals surface area (Å²) in [5.41, 5.74) is 3.92. The van der Waals surface area contributed by atoms with Crippen molar-refractivity contribution >= 4 is 10.9 Å². The molecule has 4 nitrogen and oxygen atoms in total. The summed E-state index contributed by atoms with van der Waals surface area (Å²) in [7, 11) is 4.22. The third-order valence-corrected chi connectivity index (χ3v) is 3.59. The minimum absolute atomic E-state index is 0.817. The lowest BCUT2D eigenvalue weighted by Crippen LogP contribution is -2.15. The molecule has 0 fully saturated rings. The van der Waals surface area contributed by atoms with Gasteiger partial charge in [-0.3, -0.25) is 4.68 Å². The summed E-state index contributed by atoms with van der Waals surface area (Å²) in [5.74, 6) is 0. The van der Waals surface area contributed by atoms with Crippen LogP contribution < -0.4 is 0 Å². The Balaban J connectivity index is 1.96. The predicted octanol–water partition coefficient (Wildman–Crippen LogP) is 2.52. The van der Waals surface area contributed by atoms with Crippen LogP contribution in [0.4, 0.5) is 0 Å². The van der Waals surface area contributed by atoms with Crippen molar-refractivity contribution in [3.8, 4) is 0 Å². The van der Waals surface area contributed by atoms with Gasteiger partial charge >= 0.3 is 0 Å². The average molecular weight is 268 g/mol. The quantitative estimate of drug-likeness (QED) is 0.772. The molecule has 0 spiro atoms. The van der Waals surface area contributed by atoms with E-state index in [0.717, 1.165) is 19.5 Å². The van der Waals surface area contributed by atoms with Crippen LogP contribution in [0.1, 0.15) is 11.1 Å². The smallest absolute Gasteiger partial charge is 0.0666 e. The van der Waals surface area contributed by atoms with Gasteiger partial charge in [-0.25, -0.2) is 0 Å². The van der Waals surface area contributed by atoms with Gasteiger partial charge in [-0.1, -0.05) is 12.1 Å². The van der Waals surface area contributed by atoms with E-state index in [4.69, 9.17) is 0 Å². The van der Waals surface area contributed by atoms with Crippen molar-refractivity contribution < 1.29 is 0 Å². The van der Waals surface area contributed by atoms with Crippen LogP contribution in [-0.4, -0.2) is 40.3 Å². The largest absolute Gasteiger partial charge is 0.361 e. The first kappa shape index (κ1) is 12.9. The summed E-state index contributed by atoms with van der Waals surface area (Å²) < 4.78 is 1.97. The van der Waals surface area contributed by atoms with Crippen molar-refractivity contribution in [1.29, 1.82) is 0 Å². The van der Waals surface area contributed by atoms with Crippen LogP contribution in [0.2, 0.25) is 0 Å². The minimum Gasteiger partial charge on any atom is -0.361 e. The molecule has 0 saturated carbocycles. The van der Waals surface area contributed by atoms with Gasteiger partial charge in [-0.2, -0.15) is 5.10 Å². The van der Waals surface area contributed by atoms with Crippen LogP contribution in [0.5, 0.6) is 0 Å². The number of nitrogens with zero attached hydrogens (tertiary/aromatic N) is 3. The monoisotopic (exact) mass is 268 g/mol. The van der Waals surface area contributed by atoms with Crippen LogP contribution in [-0.2, 0) is 13.0 Å². The zero-order valence-corrected chi connectivity index (χ0v) is 12.0. The molecule has 4 heteroatoms. The number of H-pyrrole nitrogens is 1. The molecular formula is C16H20N4. The molecule has 0 unspecified atom stereocenters. The second-order valence-electron chi connectivity index (χ2n) is 5.41. The van der Waals surface area contributed by atoms with Crippen LogP contribution in [0, 0.1) is 0 Å². The molecule has 1 N–H and O–H groups in total. The fraction of sp³-hybridized carbons (Fsp3) is 0.312. The van der Waals surface area contributed by atoms with Crippen molar-refractivity contribution in [2.75, 3.05) is 20.6 Å². The van der Waals surface area contributed by atoms with Crippen molar-refractivity contribution in [1.82, 2.24) is 19.7 Å². The first-order valence-electron chi connectivity index (χ1n) is 6.94. The third kappa shape index (κ3) is 2.60. The van der Waals surface area contributed by atoms with E-state index in [1.165, 1.54) is 22.0 Å². The van der Waals surface area contributed by atoms with E-state index in [-0.39, 0.29) is 0 Å². The second-order valence-corrected chi connectivity index (χ2v) is 5.41. The highest BCUT2D eigenvalue weighted by Gasteiger charge is 2.09. The Morgan fingerprint density at radius 2 is 2.10 bits per heavy atom. The van der Waals surface area contributed by atoms with Gasteiger partial charge in [0.15, 0.2) is 0 Å². The van der Waals surface area contributed by atoms with Crippen molar-refractivity contribution in [2.45, 2.75) is 13.0 Å². The number of likely N-dealkylation sites (N-methyl/N-ethyl adjacent to an activating group) is 1. The Morgan fingerprint density at radius 1 is 1.20 bits per heavy atom. The minimum atomic E-state index is 0.817. The summed E-state index contributed by atoms with van der Waals surface area (Å²) in [6.45, 7) is 1.88. The van der Waals surface area contributed by atoms with Gasteiger partial charge in [0.25, 0.3) is 0 Å². The van der Waals surface area contributed by atoms with Gasteiger partial charge in [-0.15, -0.1) is 0 Å². The van der Waals surface area contributed by atoms with Crippen molar-refractivity contribution in [3.05, 3.63) is 54.0 Å². The predicted molar refractivity (Wildman–Crippen MR) is 81.9 cm³/mol. The third-order valence-electron chi connectivity index (χ3n) is 3.59. The van der Waals surface area contributed by atoms with E-state index < -0.39 is 0 Å². The van der Waals surface area contributed by atoms with E-state index >= 15 is 0 Å². The maximum atomic E-state index is 4.30. The van der Waals surface area contributed by atoms with Crippen LogP contribution in [0.25, 0.3) is 10.9 Å². The maximum absolute atomic E-state index is 4.30. The summed E-state index contributed by atoms with van der Waals surface area (Å²) in [6.07, 6.45) is 7.03. The maximum Gasteiger partial charge on any atom is 0.0666 e. The molecule has 0 amide bonds. The standard InChI is InChI=1S/C16H20N4/c1-19(2)10-7-13-11-17-15-6-3-5-14(16(13)15)12-20-9-4-8-18-20/h3-6,8-9,11,17H,7,10,12H2,1-2H3. The average Bonchev–Trinajstić information content (AvgIpc) is 3.06. The number of fused-ring (bicyclic) bond motifs is 1. The molecule has 0 saturated heterocycles. The molecule has 1 aromatic carbocycles. The van der Waals surface area contributed by atoms with Crippen LogP contribution >= 0.6 is 0 Å². The molecule has 3 rings (SSSR count). The summed E-state index contributed by atoms with van der Waals surface area (Å²) in [5, 5.41) is 5.66. The molecule has 104 valence electrons. The van der Waals surface area contributed by atoms with E-state index in [0.29, 0.717) is 0 Å². The lowest BCUT2D eigenvalue weighted by molar-refractivity contribution is 0.414. The molecule has 0 aliphatic heterocycles. The second kappa shape index (κ2) is 5.51. The lowest BCUT2D eigenvalue weighted by atomic mass is 10.0. The number of aromatic nitrogens is 3. The molecule has 0 atom stereocenters. The van der Waals surface area contributed by atoms with Crippen LogP contribution in [0.15, 0.2) is 42.9 Å². The zero-order valence-electron chi connectivity index (χ0n) is 12.0. The summed E-state index contributed by atoms with van der Waals surface area (Å²) in [6, 6.07) is 8.40. The van der Waals surface area contributed by atoms with E-state index in [9.17, 15) is 0 Å². The van der Waals surface area contributed by atoms with Gasteiger partial charge in [-0.05, 0) is 43.8 Å². The molecule has 0 radical (unpaired) electrons. The number of hydrogen-bond donors (Lipinski definition) is 1. The number of benzene rings is 1. The summed E-state index contributed by atoms with van der Waals surface area (Å²) in [4.78, 5) is 5.60. The zero-order chi connectivity index (χ0) is 13.9. The van der Waals surface area contributed by atoms with Gasteiger partial charge in [0.05, 0.1) is 6.54 Å². The Morgan fingerprint density at radius 3 is 2.85 bits per heavy atom. The van der Waals surface area contributed by atoms with E-state index in [1.54, 1.807) is 0 Å². The molecule has 3 aromatic rings. The van der Waals surface area contributed by atoms with Gasteiger partial charge < -0.3 is 9.88 Å². The van der Waals surface area contributed by atoms with E-state index in [2.05, 4.69) is 53.5 Å². The molecule has 0 bridgehead atoms. The summed E-state index contributed by atoms with van der Waals surface area (Å²) >= 11 is 0. The fourth-order valence-electron chi connectivity index (χ4n) is 2.58. The Bertz CT molecular complexity index is 680. The van der Waals surface area contributed by atoms with Crippen molar-refractivity contribution in [2.24, 2.45) is 0 Å². The lowest BCUT2D eigenvalue weighted by Gasteiger charge is -2.10. The Hall–Kier alpha value is -2.07. The van der Waals surface area contributed by atoms with Gasteiger partial charge in [0.2, 0.25) is 0 Å². The molecular weight excluding hydrogens is 248 g/mol. The van der Waals surface area contributed by atoms with Gasteiger partial charge in [0, 0.05) is 36.0 Å². The molecule has 2 aromatic heterocycles. The number of hydrogen-bond acceptors (Lipinski definition) is 2. The Kier molecular flexibility index (Phi) is 3.56. The first-order chi connectivity index (χ1) is 9.74. The molecule has 2 heterocycles. The highest BCUT2D eigenvalue weighted by molar-refractivity contribution is 5.86. The normalized spacial score (nSPS) is 11.6. The van der Waals surface area contributed by atoms with Gasteiger partial charge in [0.1, 0.15) is 0 Å². The van der Waals surface area contributed by atoms with Crippen molar-refractivity contribution in [3.63, 3.8) is 0 Å². The highest BCUT2D eigenvalue weighted by Crippen LogP contribution is 2.24. The number of nitrogens with one attached hydrogen (secondary N) is 1. The molecule has 0 aliphatic rings. The topological polar surface area (TPSA) is 36.9 Å². The van der Waals surface area contributed by atoms with E-state index in [1.807, 2.05) is 23.1 Å². The SMILES string of the molecule is CN(C)CCc1c[nH]c2cccc(Cn3cccn3)c12.